The van der Waals surface area contributed by atoms with Crippen LogP contribution < -0.4 is 0 Å². The Labute approximate surface area is 172 Å². The minimum Gasteiger partial charge on any atom is -0.378 e. The zero-order chi connectivity index (χ0) is 19.6. The average molecular weight is 380 g/mol. The molecule has 2 nitrogen and oxygen atoms in total. The van der Waals surface area contributed by atoms with Crippen LogP contribution in [0.5, 0.6) is 0 Å². The van der Waals surface area contributed by atoms with E-state index in [9.17, 15) is 0 Å². The highest BCUT2D eigenvalue weighted by molar-refractivity contribution is 5.25. The molecule has 0 aliphatic heterocycles. The molecule has 0 spiro atoms. The Balaban J connectivity index is 1.30. The number of ether oxygens (including phenoxy) is 1. The third kappa shape index (κ3) is 6.49. The van der Waals surface area contributed by atoms with Gasteiger partial charge in [-0.1, -0.05) is 50.1 Å². The maximum absolute atomic E-state index is 8.55. The van der Waals surface area contributed by atoms with Crippen LogP contribution in [0.1, 0.15) is 88.2 Å². The fourth-order valence-electron chi connectivity index (χ4n) is 5.02. The van der Waals surface area contributed by atoms with Crippen molar-refractivity contribution < 1.29 is 4.74 Å². The van der Waals surface area contributed by atoms with Crippen molar-refractivity contribution in [1.29, 1.82) is 5.26 Å². The number of benzene rings is 1. The van der Waals surface area contributed by atoms with Crippen molar-refractivity contribution in [3.63, 3.8) is 0 Å². The van der Waals surface area contributed by atoms with Crippen LogP contribution in [0.25, 0.3) is 0 Å². The van der Waals surface area contributed by atoms with Gasteiger partial charge in [-0.05, 0) is 86.7 Å². The summed E-state index contributed by atoms with van der Waals surface area (Å²) in [5.74, 6) is 2.36. The van der Waals surface area contributed by atoms with E-state index in [0.717, 1.165) is 37.2 Å². The third-order valence-corrected chi connectivity index (χ3v) is 7.00. The van der Waals surface area contributed by atoms with E-state index in [1.165, 1.54) is 68.9 Å². The quantitative estimate of drug-likeness (QED) is 0.457. The van der Waals surface area contributed by atoms with Gasteiger partial charge in [0.05, 0.1) is 12.2 Å². The third-order valence-electron chi connectivity index (χ3n) is 7.00. The van der Waals surface area contributed by atoms with Crippen molar-refractivity contribution in [3.05, 3.63) is 47.5 Å². The summed E-state index contributed by atoms with van der Waals surface area (Å²) in [5, 5.41) is 8.55. The minimum absolute atomic E-state index is 0.486. The normalized spacial score (nSPS) is 28.3. The Morgan fingerprint density at radius 3 is 2.29 bits per heavy atom. The fourth-order valence-corrected chi connectivity index (χ4v) is 5.02. The number of hydrogen-bond acceptors (Lipinski definition) is 2. The second-order valence-corrected chi connectivity index (χ2v) is 8.90. The molecule has 0 N–H and O–H groups in total. The molecule has 0 radical (unpaired) electrons. The van der Waals surface area contributed by atoms with E-state index in [1.54, 1.807) is 6.08 Å². The Hall–Kier alpha value is -1.59. The van der Waals surface area contributed by atoms with E-state index in [-0.39, 0.29) is 0 Å². The summed E-state index contributed by atoms with van der Waals surface area (Å²) in [6, 6.07) is 11.4. The lowest BCUT2D eigenvalue weighted by Crippen LogP contribution is -2.25. The second-order valence-electron chi connectivity index (χ2n) is 8.90. The maximum Gasteiger partial charge on any atom is 0.0908 e. The lowest BCUT2D eigenvalue weighted by molar-refractivity contribution is -0.00474. The van der Waals surface area contributed by atoms with Gasteiger partial charge in [0.25, 0.3) is 0 Å². The molecule has 0 saturated heterocycles. The molecule has 2 saturated carbocycles. The van der Waals surface area contributed by atoms with E-state index in [1.807, 2.05) is 6.08 Å². The number of rotatable bonds is 8. The molecule has 2 heteroatoms. The summed E-state index contributed by atoms with van der Waals surface area (Å²) >= 11 is 0. The van der Waals surface area contributed by atoms with Crippen LogP contribution >= 0.6 is 0 Å². The molecular formula is C26H37NO. The number of hydrogen-bond donors (Lipinski definition) is 0. The van der Waals surface area contributed by atoms with Crippen LogP contribution in [0.3, 0.4) is 0 Å². The van der Waals surface area contributed by atoms with Gasteiger partial charge in [0.15, 0.2) is 0 Å². The molecule has 2 fully saturated rings. The largest absolute Gasteiger partial charge is 0.378 e. The van der Waals surface area contributed by atoms with E-state index >= 15 is 0 Å². The van der Waals surface area contributed by atoms with Crippen LogP contribution in [-0.4, -0.2) is 12.7 Å². The Morgan fingerprint density at radius 1 is 0.964 bits per heavy atom. The molecule has 1 aromatic carbocycles. The zero-order valence-corrected chi connectivity index (χ0v) is 17.6. The van der Waals surface area contributed by atoms with Gasteiger partial charge in [-0.2, -0.15) is 5.26 Å². The van der Waals surface area contributed by atoms with Crippen molar-refractivity contribution in [2.45, 2.75) is 89.6 Å². The number of aryl methyl sites for hydroxylation is 1. The highest BCUT2D eigenvalue weighted by Crippen LogP contribution is 2.36. The Kier molecular flexibility index (Phi) is 8.62. The van der Waals surface area contributed by atoms with E-state index in [2.05, 4.69) is 37.3 Å². The van der Waals surface area contributed by atoms with Crippen molar-refractivity contribution in [2.24, 2.45) is 11.8 Å². The van der Waals surface area contributed by atoms with Gasteiger partial charge in [-0.3, -0.25) is 0 Å². The SMILES string of the molecule is CCc1ccc(C2CCC(OCC3CCC(CCC=CC#N)CC3)CC2)cc1. The fraction of sp³-hybridized carbons (Fsp3) is 0.654. The molecule has 0 atom stereocenters. The van der Waals surface area contributed by atoms with Crippen LogP contribution in [0, 0.1) is 23.2 Å². The van der Waals surface area contributed by atoms with Crippen molar-refractivity contribution >= 4 is 0 Å². The van der Waals surface area contributed by atoms with Crippen molar-refractivity contribution in [2.75, 3.05) is 6.61 Å². The van der Waals surface area contributed by atoms with Crippen LogP contribution in [0.4, 0.5) is 0 Å². The molecule has 0 unspecified atom stereocenters. The number of nitrogens with zero attached hydrogens (tertiary/aromatic N) is 1. The van der Waals surface area contributed by atoms with E-state index in [4.69, 9.17) is 10.00 Å². The molecule has 1 aromatic rings. The monoisotopic (exact) mass is 379 g/mol. The highest BCUT2D eigenvalue weighted by atomic mass is 16.5. The highest BCUT2D eigenvalue weighted by Gasteiger charge is 2.25. The molecule has 3 rings (SSSR count). The predicted molar refractivity (Wildman–Crippen MR) is 116 cm³/mol. The summed E-state index contributed by atoms with van der Waals surface area (Å²) in [7, 11) is 0. The first-order chi connectivity index (χ1) is 13.8. The summed E-state index contributed by atoms with van der Waals surface area (Å²) in [4.78, 5) is 0. The van der Waals surface area contributed by atoms with Crippen LogP contribution in [0.15, 0.2) is 36.4 Å². The minimum atomic E-state index is 0.486. The summed E-state index contributed by atoms with van der Waals surface area (Å²) in [5.41, 5.74) is 2.97. The second kappa shape index (κ2) is 11.4. The van der Waals surface area contributed by atoms with Crippen LogP contribution in [0.2, 0.25) is 0 Å². The smallest absolute Gasteiger partial charge is 0.0908 e. The predicted octanol–water partition coefficient (Wildman–Crippen LogP) is 6.96. The molecule has 0 bridgehead atoms. The van der Waals surface area contributed by atoms with Gasteiger partial charge in [0, 0.05) is 12.7 Å². The summed E-state index contributed by atoms with van der Waals surface area (Å²) in [6.45, 7) is 3.19. The van der Waals surface area contributed by atoms with Gasteiger partial charge in [-0.15, -0.1) is 0 Å². The topological polar surface area (TPSA) is 33.0 Å². The number of nitriles is 1. The van der Waals surface area contributed by atoms with Crippen molar-refractivity contribution in [3.8, 4) is 6.07 Å². The summed E-state index contributed by atoms with van der Waals surface area (Å²) < 4.78 is 6.34. The average Bonchev–Trinajstić information content (AvgIpc) is 2.76. The molecule has 152 valence electrons. The van der Waals surface area contributed by atoms with E-state index < -0.39 is 0 Å². The summed E-state index contributed by atoms with van der Waals surface area (Å²) in [6.07, 6.45) is 17.9. The molecule has 2 aliphatic carbocycles. The first-order valence-electron chi connectivity index (χ1n) is 11.5. The first kappa shape index (κ1) is 21.1. The number of allylic oxidation sites excluding steroid dienone is 2. The first-order valence-corrected chi connectivity index (χ1v) is 11.5. The Morgan fingerprint density at radius 2 is 1.64 bits per heavy atom. The molecule has 28 heavy (non-hydrogen) atoms. The zero-order valence-electron chi connectivity index (χ0n) is 17.6. The molecular weight excluding hydrogens is 342 g/mol. The maximum atomic E-state index is 8.55. The Bertz CT molecular complexity index is 625. The molecule has 0 heterocycles. The van der Waals surface area contributed by atoms with Crippen LogP contribution in [-0.2, 0) is 11.2 Å². The van der Waals surface area contributed by atoms with Gasteiger partial charge in [0.1, 0.15) is 0 Å². The van der Waals surface area contributed by atoms with Gasteiger partial charge in [0.2, 0.25) is 0 Å². The molecule has 0 amide bonds. The van der Waals surface area contributed by atoms with Gasteiger partial charge < -0.3 is 4.74 Å². The van der Waals surface area contributed by atoms with E-state index in [0.29, 0.717) is 6.10 Å². The molecule has 2 aliphatic rings. The lowest BCUT2D eigenvalue weighted by atomic mass is 9.80. The van der Waals surface area contributed by atoms with Gasteiger partial charge >= 0.3 is 0 Å². The molecule has 0 aromatic heterocycles. The lowest BCUT2D eigenvalue weighted by Gasteiger charge is -2.32. The van der Waals surface area contributed by atoms with Crippen molar-refractivity contribution in [1.82, 2.24) is 0 Å². The standard InChI is InChI=1S/C26H37NO/c1-2-21-11-13-24(14-12-21)25-15-17-26(18-16-25)28-20-23-9-7-22(8-10-23)6-4-3-5-19-27/h3,5,11-14,22-23,25-26H,2,4,6-10,15-18,20H2,1H3. The van der Waals surface area contributed by atoms with Gasteiger partial charge in [-0.25, -0.2) is 0 Å².